The molecule has 0 radical (unpaired) electrons. The summed E-state index contributed by atoms with van der Waals surface area (Å²) < 4.78 is 13.6. The molecule has 1 aliphatic rings. The quantitative estimate of drug-likeness (QED) is 0.725. The van der Waals surface area contributed by atoms with Crippen LogP contribution in [0.4, 0.5) is 4.39 Å². The van der Waals surface area contributed by atoms with Crippen LogP contribution in [0.25, 0.3) is 21.9 Å². The van der Waals surface area contributed by atoms with Gasteiger partial charge in [-0.1, -0.05) is 36.4 Å². The standard InChI is InChI=1S/C24H23FN2O2/c1-15-13-17(25)9-10-19(15)20-5-3-7-22-21(20)6-4-8-23(22)24(29)27-12-11-18(14-27)26-16(2)28/h3-10,13,18H,11-12,14H2,1-2H3,(H,26,28). The van der Waals surface area contributed by atoms with Gasteiger partial charge in [-0.15, -0.1) is 0 Å². The highest BCUT2D eigenvalue weighted by molar-refractivity contribution is 6.10. The topological polar surface area (TPSA) is 49.4 Å². The Kier molecular flexibility index (Phi) is 5.05. The number of halogens is 1. The zero-order valence-corrected chi connectivity index (χ0v) is 16.5. The summed E-state index contributed by atoms with van der Waals surface area (Å²) in [4.78, 5) is 26.3. The molecule has 0 spiro atoms. The van der Waals surface area contributed by atoms with Crippen molar-refractivity contribution in [2.45, 2.75) is 26.3 Å². The van der Waals surface area contributed by atoms with Crippen molar-refractivity contribution in [3.8, 4) is 11.1 Å². The third-order valence-electron chi connectivity index (χ3n) is 5.51. The fourth-order valence-electron chi connectivity index (χ4n) is 4.18. The van der Waals surface area contributed by atoms with Gasteiger partial charge >= 0.3 is 0 Å². The van der Waals surface area contributed by atoms with Gasteiger partial charge in [0, 0.05) is 31.6 Å². The van der Waals surface area contributed by atoms with E-state index in [1.54, 1.807) is 11.0 Å². The molecular weight excluding hydrogens is 367 g/mol. The maximum absolute atomic E-state index is 13.6. The van der Waals surface area contributed by atoms with Gasteiger partial charge in [0.15, 0.2) is 0 Å². The first-order valence-electron chi connectivity index (χ1n) is 9.78. The van der Waals surface area contributed by atoms with Crippen LogP contribution in [0.3, 0.4) is 0 Å². The Hall–Kier alpha value is -3.21. The van der Waals surface area contributed by atoms with Crippen molar-refractivity contribution in [1.82, 2.24) is 10.2 Å². The molecule has 0 aliphatic carbocycles. The van der Waals surface area contributed by atoms with Crippen LogP contribution >= 0.6 is 0 Å². The van der Waals surface area contributed by atoms with Crippen molar-refractivity contribution in [3.05, 3.63) is 71.5 Å². The second-order valence-electron chi connectivity index (χ2n) is 7.60. The molecule has 0 bridgehead atoms. The van der Waals surface area contributed by atoms with Gasteiger partial charge in [0.25, 0.3) is 5.91 Å². The summed E-state index contributed by atoms with van der Waals surface area (Å²) in [6.45, 7) is 4.52. The van der Waals surface area contributed by atoms with E-state index in [0.29, 0.717) is 18.7 Å². The SMILES string of the molecule is CC(=O)NC1CCN(C(=O)c2cccc3c(-c4ccc(F)cc4C)cccc23)C1. The van der Waals surface area contributed by atoms with E-state index in [1.807, 2.05) is 43.3 Å². The second kappa shape index (κ2) is 7.66. The van der Waals surface area contributed by atoms with Crippen LogP contribution in [0.1, 0.15) is 29.3 Å². The zero-order valence-electron chi connectivity index (χ0n) is 16.5. The average Bonchev–Trinajstić information content (AvgIpc) is 3.14. The number of nitrogens with one attached hydrogen (secondary N) is 1. The minimum Gasteiger partial charge on any atom is -0.352 e. The monoisotopic (exact) mass is 390 g/mol. The predicted molar refractivity (Wildman–Crippen MR) is 112 cm³/mol. The smallest absolute Gasteiger partial charge is 0.254 e. The highest BCUT2D eigenvalue weighted by atomic mass is 19.1. The first kappa shape index (κ1) is 19.1. The van der Waals surface area contributed by atoms with E-state index >= 15 is 0 Å². The Morgan fingerprint density at radius 3 is 2.55 bits per heavy atom. The normalized spacial score (nSPS) is 16.2. The summed E-state index contributed by atoms with van der Waals surface area (Å²) in [5, 5.41) is 4.73. The van der Waals surface area contributed by atoms with Gasteiger partial charge in [-0.05, 0) is 59.0 Å². The van der Waals surface area contributed by atoms with Crippen molar-refractivity contribution in [2.75, 3.05) is 13.1 Å². The minimum atomic E-state index is -0.259. The Morgan fingerprint density at radius 2 is 1.79 bits per heavy atom. The molecule has 29 heavy (non-hydrogen) atoms. The summed E-state index contributed by atoms with van der Waals surface area (Å²) in [5.41, 5.74) is 3.43. The molecule has 1 atom stereocenters. The van der Waals surface area contributed by atoms with Crippen molar-refractivity contribution in [2.24, 2.45) is 0 Å². The van der Waals surface area contributed by atoms with Crippen molar-refractivity contribution in [1.29, 1.82) is 0 Å². The number of nitrogens with zero attached hydrogens (tertiary/aromatic N) is 1. The lowest BCUT2D eigenvalue weighted by Crippen LogP contribution is -2.37. The van der Waals surface area contributed by atoms with Gasteiger partial charge in [0.2, 0.25) is 5.91 Å². The van der Waals surface area contributed by atoms with Gasteiger partial charge in [-0.25, -0.2) is 4.39 Å². The molecule has 1 aliphatic heterocycles. The molecule has 5 heteroatoms. The van der Waals surface area contributed by atoms with E-state index in [4.69, 9.17) is 0 Å². The molecule has 4 nitrogen and oxygen atoms in total. The van der Waals surface area contributed by atoms with Crippen LogP contribution in [-0.2, 0) is 4.79 Å². The third kappa shape index (κ3) is 3.73. The lowest BCUT2D eigenvalue weighted by Gasteiger charge is -2.19. The lowest BCUT2D eigenvalue weighted by molar-refractivity contribution is -0.119. The second-order valence-corrected chi connectivity index (χ2v) is 7.60. The fraction of sp³-hybridized carbons (Fsp3) is 0.250. The van der Waals surface area contributed by atoms with Crippen molar-refractivity contribution < 1.29 is 14.0 Å². The number of aryl methyl sites for hydroxylation is 1. The maximum Gasteiger partial charge on any atom is 0.254 e. The van der Waals surface area contributed by atoms with E-state index in [0.717, 1.165) is 33.9 Å². The number of likely N-dealkylation sites (tertiary alicyclic amines) is 1. The van der Waals surface area contributed by atoms with Crippen LogP contribution in [0, 0.1) is 12.7 Å². The first-order valence-corrected chi connectivity index (χ1v) is 9.78. The number of fused-ring (bicyclic) bond motifs is 1. The van der Waals surface area contributed by atoms with E-state index in [-0.39, 0.29) is 23.7 Å². The van der Waals surface area contributed by atoms with Crippen LogP contribution < -0.4 is 5.32 Å². The molecule has 1 saturated heterocycles. The molecule has 1 heterocycles. The molecule has 148 valence electrons. The van der Waals surface area contributed by atoms with Crippen molar-refractivity contribution >= 4 is 22.6 Å². The molecule has 4 rings (SSSR count). The Bertz CT molecular complexity index is 1110. The summed E-state index contributed by atoms with van der Waals surface area (Å²) in [5.74, 6) is -0.365. The van der Waals surface area contributed by atoms with E-state index in [9.17, 15) is 14.0 Å². The van der Waals surface area contributed by atoms with Gasteiger partial charge in [-0.2, -0.15) is 0 Å². The zero-order chi connectivity index (χ0) is 20.5. The Balaban J connectivity index is 1.72. The van der Waals surface area contributed by atoms with Gasteiger partial charge in [-0.3, -0.25) is 9.59 Å². The largest absolute Gasteiger partial charge is 0.352 e. The molecule has 3 aromatic carbocycles. The predicted octanol–water partition coefficient (Wildman–Crippen LogP) is 4.30. The molecule has 1 fully saturated rings. The fourth-order valence-corrected chi connectivity index (χ4v) is 4.18. The third-order valence-corrected chi connectivity index (χ3v) is 5.51. The molecule has 1 N–H and O–H groups in total. The molecule has 0 saturated carbocycles. The molecule has 3 aromatic rings. The highest BCUT2D eigenvalue weighted by Crippen LogP contribution is 2.33. The molecule has 2 amide bonds. The van der Waals surface area contributed by atoms with Gasteiger partial charge in [0.05, 0.1) is 0 Å². The molecule has 0 aromatic heterocycles. The van der Waals surface area contributed by atoms with Crippen LogP contribution in [0.2, 0.25) is 0 Å². The van der Waals surface area contributed by atoms with E-state index in [2.05, 4.69) is 5.32 Å². The number of hydrogen-bond acceptors (Lipinski definition) is 2. The number of carbonyl (C=O) groups excluding carboxylic acids is 2. The van der Waals surface area contributed by atoms with Crippen molar-refractivity contribution in [3.63, 3.8) is 0 Å². The summed E-state index contributed by atoms with van der Waals surface area (Å²) in [7, 11) is 0. The van der Waals surface area contributed by atoms with Gasteiger partial charge in [0.1, 0.15) is 5.82 Å². The van der Waals surface area contributed by atoms with Gasteiger partial charge < -0.3 is 10.2 Å². The number of amides is 2. The van der Waals surface area contributed by atoms with Crippen LogP contribution in [0.15, 0.2) is 54.6 Å². The van der Waals surface area contributed by atoms with Crippen LogP contribution in [0.5, 0.6) is 0 Å². The minimum absolute atomic E-state index is 0.00357. The Labute approximate surface area is 169 Å². The average molecular weight is 390 g/mol. The summed E-state index contributed by atoms with van der Waals surface area (Å²) in [6, 6.07) is 16.4. The summed E-state index contributed by atoms with van der Waals surface area (Å²) in [6.07, 6.45) is 0.760. The summed E-state index contributed by atoms with van der Waals surface area (Å²) >= 11 is 0. The first-order chi connectivity index (χ1) is 13.9. The lowest BCUT2D eigenvalue weighted by atomic mass is 9.93. The highest BCUT2D eigenvalue weighted by Gasteiger charge is 2.28. The number of hydrogen-bond donors (Lipinski definition) is 1. The molecular formula is C24H23FN2O2. The van der Waals surface area contributed by atoms with E-state index in [1.165, 1.54) is 19.1 Å². The van der Waals surface area contributed by atoms with E-state index < -0.39 is 0 Å². The maximum atomic E-state index is 13.6. The number of carbonyl (C=O) groups is 2. The van der Waals surface area contributed by atoms with Crippen LogP contribution in [-0.4, -0.2) is 35.8 Å². The molecule has 1 unspecified atom stereocenters. The Morgan fingerprint density at radius 1 is 1.03 bits per heavy atom. The number of benzene rings is 3. The number of rotatable bonds is 3.